The van der Waals surface area contributed by atoms with Crippen LogP contribution < -0.4 is 15.6 Å². The van der Waals surface area contributed by atoms with Gasteiger partial charge in [0.05, 0.1) is 12.2 Å². The molecule has 1 aromatic heterocycles. The first-order valence-corrected chi connectivity index (χ1v) is 9.27. The van der Waals surface area contributed by atoms with Crippen LogP contribution in [-0.4, -0.2) is 28.8 Å². The van der Waals surface area contributed by atoms with Gasteiger partial charge in [-0.25, -0.2) is 9.07 Å². The number of hydrogen-bond acceptors (Lipinski definition) is 4. The summed E-state index contributed by atoms with van der Waals surface area (Å²) in [5.41, 5.74) is 1.88. The van der Waals surface area contributed by atoms with Crippen molar-refractivity contribution in [3.8, 4) is 17.0 Å². The molecule has 7 heteroatoms. The van der Waals surface area contributed by atoms with E-state index in [4.69, 9.17) is 4.74 Å². The van der Waals surface area contributed by atoms with Gasteiger partial charge in [-0.1, -0.05) is 17.7 Å². The van der Waals surface area contributed by atoms with Crippen molar-refractivity contribution in [2.24, 2.45) is 0 Å². The molecule has 0 saturated heterocycles. The van der Waals surface area contributed by atoms with Gasteiger partial charge in [0.1, 0.15) is 24.2 Å². The second kappa shape index (κ2) is 9.14. The molecule has 0 bridgehead atoms. The lowest BCUT2D eigenvalue weighted by atomic mass is 10.1. The van der Waals surface area contributed by atoms with Crippen molar-refractivity contribution in [1.29, 1.82) is 0 Å². The van der Waals surface area contributed by atoms with Crippen LogP contribution in [0.2, 0.25) is 0 Å². The highest BCUT2D eigenvalue weighted by Gasteiger charge is 2.17. The molecule has 3 rings (SSSR count). The van der Waals surface area contributed by atoms with Gasteiger partial charge < -0.3 is 10.1 Å². The number of ether oxygens (including phenoxy) is 1. The summed E-state index contributed by atoms with van der Waals surface area (Å²) >= 11 is 0. The number of hydrogen-bond donors (Lipinski definition) is 1. The average molecular weight is 395 g/mol. The predicted octanol–water partition coefficient (Wildman–Crippen LogP) is 3.11. The first-order chi connectivity index (χ1) is 13.9. The number of benzene rings is 2. The maximum atomic E-state index is 13.1. The lowest BCUT2D eigenvalue weighted by Crippen LogP contribution is -2.38. The van der Waals surface area contributed by atoms with Crippen LogP contribution in [0.25, 0.3) is 11.3 Å². The normalized spacial score (nSPS) is 11.7. The molecule has 0 saturated carbocycles. The van der Waals surface area contributed by atoms with Gasteiger partial charge in [-0.2, -0.15) is 5.10 Å². The third-order valence-corrected chi connectivity index (χ3v) is 4.40. The average Bonchev–Trinajstić information content (AvgIpc) is 2.73. The Labute approximate surface area is 168 Å². The quantitative estimate of drug-likeness (QED) is 0.624. The molecule has 1 N–H and O–H groups in total. The Balaban J connectivity index is 1.61. The molecule has 6 nitrogen and oxygen atoms in total. The van der Waals surface area contributed by atoms with Gasteiger partial charge >= 0.3 is 0 Å². The third kappa shape index (κ3) is 5.28. The number of aromatic nitrogens is 2. The topological polar surface area (TPSA) is 73.2 Å². The smallest absolute Gasteiger partial charge is 0.267 e. The minimum Gasteiger partial charge on any atom is -0.492 e. The molecule has 0 fully saturated rings. The largest absolute Gasteiger partial charge is 0.492 e. The standard InChI is InChI=1S/C22H22FN3O3/c1-15-3-9-19(10-4-15)29-14-13-24-22(28)16(2)26-21(27)12-11-20(25-26)17-5-7-18(23)8-6-17/h3-12,16H,13-14H2,1-2H3,(H,24,28). The Morgan fingerprint density at radius 2 is 1.79 bits per heavy atom. The van der Waals surface area contributed by atoms with Gasteiger partial charge in [0.15, 0.2) is 0 Å². The van der Waals surface area contributed by atoms with Crippen molar-refractivity contribution < 1.29 is 13.9 Å². The van der Waals surface area contributed by atoms with Gasteiger partial charge in [0.25, 0.3) is 5.56 Å². The molecule has 1 amide bonds. The number of carbonyl (C=O) groups excluding carboxylic acids is 1. The Morgan fingerprint density at radius 3 is 2.48 bits per heavy atom. The molecule has 3 aromatic rings. The number of nitrogens with one attached hydrogen (secondary N) is 1. The van der Waals surface area contributed by atoms with Crippen molar-refractivity contribution in [3.05, 3.63) is 82.4 Å². The van der Waals surface area contributed by atoms with E-state index >= 15 is 0 Å². The maximum Gasteiger partial charge on any atom is 0.267 e. The lowest BCUT2D eigenvalue weighted by Gasteiger charge is -2.15. The first-order valence-electron chi connectivity index (χ1n) is 9.27. The monoisotopic (exact) mass is 395 g/mol. The summed E-state index contributed by atoms with van der Waals surface area (Å²) in [6, 6.07) is 15.5. The highest BCUT2D eigenvalue weighted by atomic mass is 19.1. The Kier molecular flexibility index (Phi) is 6.39. The van der Waals surface area contributed by atoms with E-state index in [1.54, 1.807) is 25.1 Å². The van der Waals surface area contributed by atoms with Crippen molar-refractivity contribution in [2.45, 2.75) is 19.9 Å². The molecule has 1 atom stereocenters. The maximum absolute atomic E-state index is 13.1. The van der Waals surface area contributed by atoms with Gasteiger partial charge in [-0.15, -0.1) is 0 Å². The number of nitrogens with zero attached hydrogens (tertiary/aromatic N) is 2. The number of amides is 1. The van der Waals surface area contributed by atoms with Crippen LogP contribution >= 0.6 is 0 Å². The summed E-state index contributed by atoms with van der Waals surface area (Å²) in [5, 5.41) is 7.01. The van der Waals surface area contributed by atoms with Gasteiger partial charge in [0.2, 0.25) is 5.91 Å². The molecular formula is C22H22FN3O3. The first kappa shape index (κ1) is 20.3. The number of aryl methyl sites for hydroxylation is 1. The van der Waals surface area contributed by atoms with Crippen LogP contribution in [0.3, 0.4) is 0 Å². The van der Waals surface area contributed by atoms with Crippen LogP contribution in [0.5, 0.6) is 5.75 Å². The molecule has 2 aromatic carbocycles. The zero-order valence-electron chi connectivity index (χ0n) is 16.3. The predicted molar refractivity (Wildman–Crippen MR) is 108 cm³/mol. The van der Waals surface area contributed by atoms with E-state index in [2.05, 4.69) is 10.4 Å². The Bertz CT molecular complexity index is 1030. The highest BCUT2D eigenvalue weighted by Crippen LogP contribution is 2.16. The number of rotatable bonds is 7. The van der Waals surface area contributed by atoms with E-state index in [1.165, 1.54) is 18.2 Å². The van der Waals surface area contributed by atoms with Crippen molar-refractivity contribution >= 4 is 5.91 Å². The molecule has 0 aliphatic carbocycles. The number of carbonyl (C=O) groups is 1. The van der Waals surface area contributed by atoms with Crippen LogP contribution in [0.4, 0.5) is 4.39 Å². The van der Waals surface area contributed by atoms with Crippen LogP contribution in [-0.2, 0) is 4.79 Å². The zero-order chi connectivity index (χ0) is 20.8. The summed E-state index contributed by atoms with van der Waals surface area (Å²) in [6.45, 7) is 4.19. The highest BCUT2D eigenvalue weighted by molar-refractivity contribution is 5.79. The van der Waals surface area contributed by atoms with E-state index in [-0.39, 0.29) is 11.7 Å². The lowest BCUT2D eigenvalue weighted by molar-refractivity contribution is -0.124. The van der Waals surface area contributed by atoms with E-state index < -0.39 is 11.6 Å². The molecule has 0 radical (unpaired) electrons. The van der Waals surface area contributed by atoms with Gasteiger partial charge in [0, 0.05) is 11.6 Å². The molecule has 0 aliphatic heterocycles. The third-order valence-electron chi connectivity index (χ3n) is 4.40. The zero-order valence-corrected chi connectivity index (χ0v) is 16.3. The second-order valence-electron chi connectivity index (χ2n) is 6.64. The summed E-state index contributed by atoms with van der Waals surface area (Å²) in [5.74, 6) is 0.0221. The fraction of sp³-hybridized carbons (Fsp3) is 0.227. The summed E-state index contributed by atoms with van der Waals surface area (Å²) < 4.78 is 19.8. The molecular weight excluding hydrogens is 373 g/mol. The molecule has 1 unspecified atom stereocenters. The SMILES string of the molecule is Cc1ccc(OCCNC(=O)C(C)n2nc(-c3ccc(F)cc3)ccc2=O)cc1. The molecule has 0 spiro atoms. The van der Waals surface area contributed by atoms with Crippen molar-refractivity contribution in [1.82, 2.24) is 15.1 Å². The van der Waals surface area contributed by atoms with Crippen LogP contribution in [0.15, 0.2) is 65.5 Å². The van der Waals surface area contributed by atoms with Crippen LogP contribution in [0, 0.1) is 12.7 Å². The molecule has 1 heterocycles. The molecule has 150 valence electrons. The van der Waals surface area contributed by atoms with E-state index in [9.17, 15) is 14.0 Å². The second-order valence-corrected chi connectivity index (χ2v) is 6.64. The van der Waals surface area contributed by atoms with Gasteiger partial charge in [-0.3, -0.25) is 9.59 Å². The van der Waals surface area contributed by atoms with E-state index in [0.29, 0.717) is 24.4 Å². The van der Waals surface area contributed by atoms with Crippen molar-refractivity contribution in [2.75, 3.05) is 13.2 Å². The Morgan fingerprint density at radius 1 is 1.10 bits per heavy atom. The van der Waals surface area contributed by atoms with Crippen molar-refractivity contribution in [3.63, 3.8) is 0 Å². The minimum absolute atomic E-state index is 0.295. The Hall–Kier alpha value is -3.48. The molecule has 29 heavy (non-hydrogen) atoms. The summed E-state index contributed by atoms with van der Waals surface area (Å²) in [6.07, 6.45) is 0. The van der Waals surface area contributed by atoms with E-state index in [1.807, 2.05) is 31.2 Å². The minimum atomic E-state index is -0.803. The van der Waals surface area contributed by atoms with E-state index in [0.717, 1.165) is 16.0 Å². The number of halogens is 1. The van der Waals surface area contributed by atoms with Gasteiger partial charge in [-0.05, 0) is 56.3 Å². The summed E-state index contributed by atoms with van der Waals surface area (Å²) in [7, 11) is 0. The fourth-order valence-electron chi connectivity index (χ4n) is 2.71. The summed E-state index contributed by atoms with van der Waals surface area (Å²) in [4.78, 5) is 24.6. The van der Waals surface area contributed by atoms with Crippen LogP contribution in [0.1, 0.15) is 18.5 Å². The fourth-order valence-corrected chi connectivity index (χ4v) is 2.71. The molecule has 0 aliphatic rings.